The standard InChI is InChI=1S/C23H29Cl2N5O8S/c1-5-38-22(35)18-17(20(33)28-12(9-31)21(34)37-4)29-23(39-18)30-7-6-11(13(8-30)36-3)27-19(32)16-15(25)14(24)10(2)26-16/h11-13,26,31H,5-9H2,1-4H3,(H,27,32)(H,28,33)/t11-,12?,13+/m1/s1. The summed E-state index contributed by atoms with van der Waals surface area (Å²) >= 11 is 13.2. The molecule has 0 bridgehead atoms. The molecule has 1 aliphatic heterocycles. The number of amides is 2. The molecule has 39 heavy (non-hydrogen) atoms. The number of halogens is 2. The highest BCUT2D eigenvalue weighted by atomic mass is 35.5. The molecule has 16 heteroatoms. The predicted molar refractivity (Wildman–Crippen MR) is 143 cm³/mol. The fourth-order valence-electron chi connectivity index (χ4n) is 3.94. The third-order valence-electron chi connectivity index (χ3n) is 6.00. The number of ether oxygens (including phenoxy) is 3. The van der Waals surface area contributed by atoms with Crippen molar-refractivity contribution < 1.29 is 38.5 Å². The Hall–Kier alpha value is -2.91. The average Bonchev–Trinajstić information content (AvgIpc) is 3.49. The molecule has 1 unspecified atom stereocenters. The number of aromatic amines is 1. The molecule has 2 amide bonds. The van der Waals surface area contributed by atoms with Gasteiger partial charge in [-0.3, -0.25) is 9.59 Å². The van der Waals surface area contributed by atoms with Crippen LogP contribution >= 0.6 is 34.5 Å². The van der Waals surface area contributed by atoms with Crippen LogP contribution in [0.5, 0.6) is 0 Å². The monoisotopic (exact) mass is 605 g/mol. The van der Waals surface area contributed by atoms with Gasteiger partial charge in [0.15, 0.2) is 16.9 Å². The molecule has 214 valence electrons. The number of piperidine rings is 1. The van der Waals surface area contributed by atoms with Gasteiger partial charge >= 0.3 is 11.9 Å². The molecule has 3 heterocycles. The summed E-state index contributed by atoms with van der Waals surface area (Å²) in [5.74, 6) is -2.90. The summed E-state index contributed by atoms with van der Waals surface area (Å²) in [7, 11) is 2.62. The van der Waals surface area contributed by atoms with E-state index >= 15 is 0 Å². The third-order valence-corrected chi connectivity index (χ3v) is 8.04. The summed E-state index contributed by atoms with van der Waals surface area (Å²) in [6.07, 6.45) is -0.0293. The van der Waals surface area contributed by atoms with Gasteiger partial charge < -0.3 is 39.8 Å². The largest absolute Gasteiger partial charge is 0.467 e. The Morgan fingerprint density at radius 3 is 2.51 bits per heavy atom. The zero-order valence-corrected chi connectivity index (χ0v) is 24.0. The topological polar surface area (TPSA) is 172 Å². The van der Waals surface area contributed by atoms with Crippen LogP contribution in [0.1, 0.15) is 49.7 Å². The van der Waals surface area contributed by atoms with E-state index in [4.69, 9.17) is 32.7 Å². The van der Waals surface area contributed by atoms with E-state index in [-0.39, 0.29) is 45.5 Å². The van der Waals surface area contributed by atoms with Crippen LogP contribution in [-0.2, 0) is 19.0 Å². The Balaban J connectivity index is 1.80. The molecule has 1 aliphatic rings. The number of rotatable bonds is 10. The Bertz CT molecular complexity index is 1240. The minimum absolute atomic E-state index is 0.0658. The lowest BCUT2D eigenvalue weighted by atomic mass is 10.0. The van der Waals surface area contributed by atoms with Gasteiger partial charge in [0.05, 0.1) is 42.5 Å². The number of hydrogen-bond acceptors (Lipinski definition) is 11. The van der Waals surface area contributed by atoms with E-state index in [1.54, 1.807) is 13.8 Å². The van der Waals surface area contributed by atoms with Crippen LogP contribution in [0.15, 0.2) is 0 Å². The van der Waals surface area contributed by atoms with Crippen molar-refractivity contribution in [3.05, 3.63) is 32.0 Å². The highest BCUT2D eigenvalue weighted by Crippen LogP contribution is 2.31. The van der Waals surface area contributed by atoms with Gasteiger partial charge in [-0.25, -0.2) is 14.6 Å². The van der Waals surface area contributed by atoms with Crippen LogP contribution in [0.3, 0.4) is 0 Å². The fourth-order valence-corrected chi connectivity index (χ4v) is 5.35. The lowest BCUT2D eigenvalue weighted by molar-refractivity contribution is -0.143. The summed E-state index contributed by atoms with van der Waals surface area (Å²) in [4.78, 5) is 59.2. The van der Waals surface area contributed by atoms with E-state index in [0.29, 0.717) is 23.8 Å². The number of hydrogen-bond donors (Lipinski definition) is 4. The first-order valence-electron chi connectivity index (χ1n) is 11.9. The van der Waals surface area contributed by atoms with Crippen molar-refractivity contribution in [2.45, 2.75) is 38.5 Å². The maximum atomic E-state index is 12.9. The highest BCUT2D eigenvalue weighted by Gasteiger charge is 2.35. The average molecular weight is 606 g/mol. The molecule has 1 fully saturated rings. The van der Waals surface area contributed by atoms with Gasteiger partial charge in [0, 0.05) is 25.9 Å². The number of aromatic nitrogens is 2. The summed E-state index contributed by atoms with van der Waals surface area (Å²) in [6.45, 7) is 3.36. The Kier molecular flexibility index (Phi) is 10.6. The van der Waals surface area contributed by atoms with Crippen LogP contribution in [0, 0.1) is 6.92 Å². The summed E-state index contributed by atoms with van der Waals surface area (Å²) < 4.78 is 15.3. The molecule has 13 nitrogen and oxygen atoms in total. The molecule has 0 aromatic carbocycles. The molecule has 0 radical (unpaired) electrons. The van der Waals surface area contributed by atoms with Gasteiger partial charge in [-0.15, -0.1) is 0 Å². The summed E-state index contributed by atoms with van der Waals surface area (Å²) in [5.41, 5.74) is 0.468. The molecule has 0 spiro atoms. The van der Waals surface area contributed by atoms with Crippen molar-refractivity contribution in [1.29, 1.82) is 0 Å². The van der Waals surface area contributed by atoms with E-state index < -0.39 is 42.5 Å². The Labute approximate surface area is 238 Å². The predicted octanol–water partition coefficient (Wildman–Crippen LogP) is 1.55. The summed E-state index contributed by atoms with van der Waals surface area (Å²) in [5, 5.41) is 15.4. The van der Waals surface area contributed by atoms with Crippen LogP contribution in [-0.4, -0.2) is 97.5 Å². The van der Waals surface area contributed by atoms with Crippen LogP contribution in [0.4, 0.5) is 5.13 Å². The molecule has 3 rings (SSSR count). The number of thiazole rings is 1. The first-order valence-corrected chi connectivity index (χ1v) is 13.4. The van der Waals surface area contributed by atoms with Gasteiger partial charge in [-0.05, 0) is 20.3 Å². The molecular weight excluding hydrogens is 577 g/mol. The Morgan fingerprint density at radius 1 is 1.23 bits per heavy atom. The maximum absolute atomic E-state index is 12.9. The number of nitrogens with one attached hydrogen (secondary N) is 3. The lowest BCUT2D eigenvalue weighted by Crippen LogP contribution is -2.55. The van der Waals surface area contributed by atoms with Crippen molar-refractivity contribution in [2.24, 2.45) is 0 Å². The second kappa shape index (κ2) is 13.4. The second-order valence-electron chi connectivity index (χ2n) is 8.47. The molecular formula is C23H29Cl2N5O8S. The maximum Gasteiger partial charge on any atom is 0.350 e. The van der Waals surface area contributed by atoms with E-state index in [1.807, 2.05) is 4.90 Å². The van der Waals surface area contributed by atoms with Gasteiger partial charge in [0.25, 0.3) is 11.8 Å². The number of nitrogens with zero attached hydrogens (tertiary/aromatic N) is 2. The number of methoxy groups -OCH3 is 2. The number of aryl methyl sites for hydroxylation is 1. The van der Waals surface area contributed by atoms with Crippen molar-refractivity contribution in [3.63, 3.8) is 0 Å². The zero-order chi connectivity index (χ0) is 28.9. The third kappa shape index (κ3) is 6.81. The minimum atomic E-state index is -1.34. The second-order valence-corrected chi connectivity index (χ2v) is 10.2. The van der Waals surface area contributed by atoms with E-state index in [1.165, 1.54) is 7.11 Å². The van der Waals surface area contributed by atoms with Gasteiger partial charge in [0.2, 0.25) is 0 Å². The van der Waals surface area contributed by atoms with Crippen molar-refractivity contribution in [1.82, 2.24) is 20.6 Å². The summed E-state index contributed by atoms with van der Waals surface area (Å²) in [6, 6.07) is -1.72. The number of carbonyl (C=O) groups is 4. The molecule has 0 aliphatic carbocycles. The number of esters is 2. The molecule has 4 N–H and O–H groups in total. The smallest absolute Gasteiger partial charge is 0.350 e. The van der Waals surface area contributed by atoms with Crippen LogP contribution in [0.2, 0.25) is 10.0 Å². The molecule has 2 aromatic heterocycles. The molecule has 2 aromatic rings. The zero-order valence-electron chi connectivity index (χ0n) is 21.6. The van der Waals surface area contributed by atoms with Crippen molar-refractivity contribution in [2.75, 3.05) is 45.4 Å². The highest BCUT2D eigenvalue weighted by molar-refractivity contribution is 7.17. The molecule has 0 saturated carbocycles. The first kappa shape index (κ1) is 30.6. The normalized spacial score (nSPS) is 17.9. The Morgan fingerprint density at radius 2 is 1.95 bits per heavy atom. The quantitative estimate of drug-likeness (QED) is 0.291. The number of aliphatic hydroxyl groups excluding tert-OH is 1. The first-order chi connectivity index (χ1) is 18.6. The van der Waals surface area contributed by atoms with Gasteiger partial charge in [0.1, 0.15) is 10.6 Å². The fraction of sp³-hybridized carbons (Fsp3) is 0.522. The number of carbonyl (C=O) groups excluding carboxylic acids is 4. The van der Waals surface area contributed by atoms with Gasteiger partial charge in [-0.1, -0.05) is 34.5 Å². The number of aliphatic hydroxyl groups is 1. The minimum Gasteiger partial charge on any atom is -0.467 e. The van der Waals surface area contributed by atoms with Crippen molar-refractivity contribution >= 4 is 63.4 Å². The molecule has 1 saturated heterocycles. The van der Waals surface area contributed by atoms with Crippen LogP contribution < -0.4 is 15.5 Å². The van der Waals surface area contributed by atoms with E-state index in [0.717, 1.165) is 18.4 Å². The van der Waals surface area contributed by atoms with E-state index in [9.17, 15) is 24.3 Å². The van der Waals surface area contributed by atoms with Crippen molar-refractivity contribution in [3.8, 4) is 0 Å². The SMILES string of the molecule is CCOC(=O)c1sc(N2CC[C@@H](NC(=O)c3[nH]c(C)c(Cl)c3Cl)[C@@H](OC)C2)nc1C(=O)NC(CO)C(=O)OC. The lowest BCUT2D eigenvalue weighted by Gasteiger charge is -2.37. The van der Waals surface area contributed by atoms with E-state index in [2.05, 4.69) is 25.3 Å². The van der Waals surface area contributed by atoms with Gasteiger partial charge in [-0.2, -0.15) is 0 Å². The molecule has 3 atom stereocenters. The van der Waals surface area contributed by atoms with Crippen LogP contribution in [0.25, 0.3) is 0 Å². The number of H-pyrrole nitrogens is 1. The number of anilines is 1.